The zero-order chi connectivity index (χ0) is 16.2. The molecule has 6 heteroatoms. The Morgan fingerprint density at radius 3 is 2.87 bits per heavy atom. The summed E-state index contributed by atoms with van der Waals surface area (Å²) in [5, 5.41) is 12.7. The Balaban J connectivity index is 1.57. The van der Waals surface area contributed by atoms with Crippen LogP contribution in [0.15, 0.2) is 48.5 Å². The van der Waals surface area contributed by atoms with Gasteiger partial charge in [-0.1, -0.05) is 24.3 Å². The molecular formula is C17H16FN3O2. The van der Waals surface area contributed by atoms with E-state index in [2.05, 4.69) is 15.3 Å². The molecule has 2 aromatic carbocycles. The number of aromatic amines is 1. The molecule has 1 unspecified atom stereocenters. The van der Waals surface area contributed by atoms with Crippen LogP contribution >= 0.6 is 0 Å². The molecule has 0 spiro atoms. The maximum absolute atomic E-state index is 13.1. The van der Waals surface area contributed by atoms with Crippen molar-refractivity contribution in [2.24, 2.45) is 0 Å². The Kier molecular flexibility index (Phi) is 4.34. The van der Waals surface area contributed by atoms with Crippen molar-refractivity contribution in [1.82, 2.24) is 15.3 Å². The fraction of sp³-hybridized carbons (Fsp3) is 0.176. The van der Waals surface area contributed by atoms with Crippen LogP contribution in [0, 0.1) is 5.82 Å². The summed E-state index contributed by atoms with van der Waals surface area (Å²) >= 11 is 0. The van der Waals surface area contributed by atoms with Gasteiger partial charge >= 0.3 is 0 Å². The fourth-order valence-electron chi connectivity index (χ4n) is 2.35. The smallest absolute Gasteiger partial charge is 0.223 e. The molecule has 0 fully saturated rings. The number of halogens is 1. The van der Waals surface area contributed by atoms with Crippen molar-refractivity contribution in [3.05, 3.63) is 65.7 Å². The van der Waals surface area contributed by atoms with Crippen molar-refractivity contribution < 1.29 is 14.3 Å². The number of aliphatic hydroxyl groups is 1. The van der Waals surface area contributed by atoms with Crippen LogP contribution in [0.3, 0.4) is 0 Å². The number of imidazole rings is 1. The fourth-order valence-corrected chi connectivity index (χ4v) is 2.35. The maximum Gasteiger partial charge on any atom is 0.223 e. The number of H-pyrrole nitrogens is 1. The minimum Gasteiger partial charge on any atom is -0.388 e. The number of aliphatic hydroxyl groups excluding tert-OH is 1. The van der Waals surface area contributed by atoms with Gasteiger partial charge in [0.05, 0.1) is 30.1 Å². The van der Waals surface area contributed by atoms with Crippen molar-refractivity contribution in [2.45, 2.75) is 19.1 Å². The molecule has 1 amide bonds. The number of nitrogens with zero attached hydrogens (tertiary/aromatic N) is 1. The zero-order valence-electron chi connectivity index (χ0n) is 12.3. The van der Waals surface area contributed by atoms with E-state index in [-0.39, 0.29) is 18.9 Å². The van der Waals surface area contributed by atoms with Gasteiger partial charge in [-0.05, 0) is 29.8 Å². The highest BCUT2D eigenvalue weighted by molar-refractivity contribution is 5.77. The molecule has 1 atom stereocenters. The van der Waals surface area contributed by atoms with E-state index < -0.39 is 11.9 Å². The first-order chi connectivity index (χ1) is 11.1. The minimum atomic E-state index is -1.04. The number of hydrogen-bond donors (Lipinski definition) is 3. The Hall–Kier alpha value is -2.73. The predicted octanol–water partition coefficient (Wildman–Crippen LogP) is 2.44. The van der Waals surface area contributed by atoms with Gasteiger partial charge in [0.1, 0.15) is 11.6 Å². The van der Waals surface area contributed by atoms with E-state index in [1.54, 1.807) is 6.07 Å². The van der Waals surface area contributed by atoms with Gasteiger partial charge in [0, 0.05) is 0 Å². The van der Waals surface area contributed by atoms with Crippen molar-refractivity contribution in [3.63, 3.8) is 0 Å². The summed E-state index contributed by atoms with van der Waals surface area (Å²) in [5.74, 6) is -0.133. The molecule has 0 aliphatic carbocycles. The summed E-state index contributed by atoms with van der Waals surface area (Å²) in [5.41, 5.74) is 2.11. The summed E-state index contributed by atoms with van der Waals surface area (Å²) < 4.78 is 13.1. The Morgan fingerprint density at radius 1 is 1.26 bits per heavy atom. The van der Waals surface area contributed by atoms with Crippen LogP contribution in [0.1, 0.15) is 23.9 Å². The number of carbonyl (C=O) groups is 1. The molecule has 0 aliphatic rings. The molecule has 1 aromatic heterocycles. The number of amides is 1. The van der Waals surface area contributed by atoms with Gasteiger partial charge in [-0.25, -0.2) is 9.37 Å². The Labute approximate surface area is 132 Å². The summed E-state index contributed by atoms with van der Waals surface area (Å²) in [4.78, 5) is 19.4. The standard InChI is InChI=1S/C17H16FN3O2/c18-12-5-3-4-11(8-12)15(22)9-17(23)19-10-16-20-13-6-1-2-7-14(13)21-16/h1-8,15,22H,9-10H2,(H,19,23)(H,20,21). The van der Waals surface area contributed by atoms with Crippen LogP contribution in [-0.4, -0.2) is 21.0 Å². The molecule has 3 aromatic rings. The first-order valence-electron chi connectivity index (χ1n) is 7.25. The third kappa shape index (κ3) is 3.73. The quantitative estimate of drug-likeness (QED) is 0.677. The average Bonchev–Trinajstić information content (AvgIpc) is 2.96. The van der Waals surface area contributed by atoms with Gasteiger partial charge in [0.15, 0.2) is 0 Å². The largest absolute Gasteiger partial charge is 0.388 e. The highest BCUT2D eigenvalue weighted by Crippen LogP contribution is 2.17. The zero-order valence-corrected chi connectivity index (χ0v) is 12.3. The molecule has 0 saturated carbocycles. The number of hydrogen-bond acceptors (Lipinski definition) is 3. The summed E-state index contributed by atoms with van der Waals surface area (Å²) in [6.45, 7) is 0.239. The number of para-hydroxylation sites is 2. The van der Waals surface area contributed by atoms with Crippen LogP contribution in [0.2, 0.25) is 0 Å². The molecule has 0 saturated heterocycles. The summed E-state index contributed by atoms with van der Waals surface area (Å²) in [6.07, 6.45) is -1.18. The molecule has 3 rings (SSSR count). The van der Waals surface area contributed by atoms with E-state index in [0.29, 0.717) is 11.4 Å². The lowest BCUT2D eigenvalue weighted by Gasteiger charge is -2.10. The number of fused-ring (bicyclic) bond motifs is 1. The van der Waals surface area contributed by atoms with Crippen LogP contribution in [0.4, 0.5) is 4.39 Å². The van der Waals surface area contributed by atoms with E-state index in [1.807, 2.05) is 24.3 Å². The highest BCUT2D eigenvalue weighted by Gasteiger charge is 2.14. The maximum atomic E-state index is 13.1. The molecular weight excluding hydrogens is 297 g/mol. The van der Waals surface area contributed by atoms with Gasteiger partial charge < -0.3 is 15.4 Å². The molecule has 0 bridgehead atoms. The van der Waals surface area contributed by atoms with Gasteiger partial charge in [-0.2, -0.15) is 0 Å². The molecule has 5 nitrogen and oxygen atoms in total. The van der Waals surface area contributed by atoms with E-state index in [1.165, 1.54) is 18.2 Å². The molecule has 118 valence electrons. The third-order valence-electron chi connectivity index (χ3n) is 3.50. The van der Waals surface area contributed by atoms with E-state index in [4.69, 9.17) is 0 Å². The highest BCUT2D eigenvalue weighted by atomic mass is 19.1. The number of carbonyl (C=O) groups excluding carboxylic acids is 1. The number of aromatic nitrogens is 2. The van der Waals surface area contributed by atoms with E-state index >= 15 is 0 Å². The predicted molar refractivity (Wildman–Crippen MR) is 83.9 cm³/mol. The second kappa shape index (κ2) is 6.58. The second-order valence-corrected chi connectivity index (χ2v) is 5.25. The van der Waals surface area contributed by atoms with Gasteiger partial charge in [0.2, 0.25) is 5.91 Å². The van der Waals surface area contributed by atoms with Crippen molar-refractivity contribution in [3.8, 4) is 0 Å². The van der Waals surface area contributed by atoms with E-state index in [0.717, 1.165) is 11.0 Å². The molecule has 0 radical (unpaired) electrons. The normalized spacial score (nSPS) is 12.3. The molecule has 3 N–H and O–H groups in total. The van der Waals surface area contributed by atoms with Crippen LogP contribution in [0.25, 0.3) is 11.0 Å². The Morgan fingerprint density at radius 2 is 2.09 bits per heavy atom. The van der Waals surface area contributed by atoms with Gasteiger partial charge in [-0.15, -0.1) is 0 Å². The SMILES string of the molecule is O=C(CC(O)c1cccc(F)c1)NCc1nc2ccccc2[nH]1. The van der Waals surface area contributed by atoms with Crippen LogP contribution < -0.4 is 5.32 Å². The van der Waals surface area contributed by atoms with Crippen molar-refractivity contribution in [2.75, 3.05) is 0 Å². The van der Waals surface area contributed by atoms with Crippen molar-refractivity contribution >= 4 is 16.9 Å². The van der Waals surface area contributed by atoms with E-state index in [9.17, 15) is 14.3 Å². The first kappa shape index (κ1) is 15.2. The Bertz CT molecular complexity index is 798. The second-order valence-electron chi connectivity index (χ2n) is 5.25. The van der Waals surface area contributed by atoms with Crippen molar-refractivity contribution in [1.29, 1.82) is 0 Å². The monoisotopic (exact) mass is 313 g/mol. The summed E-state index contributed by atoms with van der Waals surface area (Å²) in [6, 6.07) is 13.2. The van der Waals surface area contributed by atoms with Gasteiger partial charge in [-0.3, -0.25) is 4.79 Å². The number of rotatable bonds is 5. The molecule has 23 heavy (non-hydrogen) atoms. The minimum absolute atomic E-state index is 0.135. The average molecular weight is 313 g/mol. The van der Waals surface area contributed by atoms with Crippen LogP contribution in [0.5, 0.6) is 0 Å². The topological polar surface area (TPSA) is 78.0 Å². The first-order valence-corrected chi connectivity index (χ1v) is 7.25. The lowest BCUT2D eigenvalue weighted by atomic mass is 10.1. The third-order valence-corrected chi connectivity index (χ3v) is 3.50. The lowest BCUT2D eigenvalue weighted by Crippen LogP contribution is -2.25. The lowest BCUT2D eigenvalue weighted by molar-refractivity contribution is -0.123. The number of benzene rings is 2. The van der Waals surface area contributed by atoms with Crippen LogP contribution in [-0.2, 0) is 11.3 Å². The number of nitrogens with one attached hydrogen (secondary N) is 2. The molecule has 0 aliphatic heterocycles. The van der Waals surface area contributed by atoms with Gasteiger partial charge in [0.25, 0.3) is 0 Å². The molecule has 1 heterocycles. The summed E-state index contributed by atoms with van der Waals surface area (Å²) in [7, 11) is 0.